The number of hydrogen-bond donors (Lipinski definition) is 0. The molecule has 1 saturated heterocycles. The highest BCUT2D eigenvalue weighted by molar-refractivity contribution is 5.91. The molecule has 2 aromatic rings. The van der Waals surface area contributed by atoms with Gasteiger partial charge in [0, 0.05) is 19.6 Å². The minimum Gasteiger partial charge on any atom is -0.489 e. The highest BCUT2D eigenvalue weighted by Gasteiger charge is 2.23. The van der Waals surface area contributed by atoms with Gasteiger partial charge in [0.05, 0.1) is 19.3 Å². The molecule has 2 aliphatic rings. The van der Waals surface area contributed by atoms with Crippen LogP contribution in [0, 0.1) is 0 Å². The van der Waals surface area contributed by atoms with Crippen molar-refractivity contribution >= 4 is 11.5 Å². The summed E-state index contributed by atoms with van der Waals surface area (Å²) in [6.45, 7) is 2.38. The Morgan fingerprint density at radius 3 is 2.81 bits per heavy atom. The number of aryl methyl sites for hydroxylation is 1. The van der Waals surface area contributed by atoms with Crippen LogP contribution in [0.1, 0.15) is 52.7 Å². The Morgan fingerprint density at radius 1 is 1.19 bits per heavy atom. The molecular formula is C26H30FNO3. The largest absolute Gasteiger partial charge is 0.489 e. The lowest BCUT2D eigenvalue weighted by Gasteiger charge is -2.17. The summed E-state index contributed by atoms with van der Waals surface area (Å²) < 4.78 is 23.4. The maximum Gasteiger partial charge on any atom is 0.337 e. The fourth-order valence-electron chi connectivity index (χ4n) is 4.52. The topological polar surface area (TPSA) is 38.8 Å². The Labute approximate surface area is 183 Å². The van der Waals surface area contributed by atoms with Gasteiger partial charge in [0.15, 0.2) is 0 Å². The maximum atomic E-state index is 12.4. The van der Waals surface area contributed by atoms with E-state index < -0.39 is 0 Å². The van der Waals surface area contributed by atoms with Crippen molar-refractivity contribution in [1.82, 2.24) is 4.90 Å². The number of esters is 1. The van der Waals surface area contributed by atoms with Gasteiger partial charge in [-0.1, -0.05) is 24.3 Å². The molecule has 1 fully saturated rings. The van der Waals surface area contributed by atoms with E-state index in [2.05, 4.69) is 23.1 Å². The standard InChI is InChI=1S/C26H30FNO3/c1-30-26(29)21-9-12-25-20(17-21)5-2-3-6-24(25)19-7-10-22(11-8-19)31-23-13-16-28(18-23)15-4-14-27/h6-12,17,23H,2-5,13-16,18H2,1H3. The Balaban J connectivity index is 1.47. The molecule has 1 atom stereocenters. The number of rotatable bonds is 7. The first-order valence-electron chi connectivity index (χ1n) is 11.1. The van der Waals surface area contributed by atoms with Gasteiger partial charge in [-0.15, -0.1) is 0 Å². The molecule has 1 aliphatic carbocycles. The first-order valence-corrected chi connectivity index (χ1v) is 11.1. The third kappa shape index (κ3) is 5.16. The second-order valence-electron chi connectivity index (χ2n) is 8.27. The molecule has 164 valence electrons. The van der Waals surface area contributed by atoms with E-state index >= 15 is 0 Å². The smallest absolute Gasteiger partial charge is 0.337 e. The number of halogens is 1. The van der Waals surface area contributed by atoms with Crippen LogP contribution in [0.3, 0.4) is 0 Å². The number of carbonyl (C=O) groups is 1. The third-order valence-corrected chi connectivity index (χ3v) is 6.12. The van der Waals surface area contributed by atoms with Crippen LogP contribution in [0.2, 0.25) is 0 Å². The highest BCUT2D eigenvalue weighted by atomic mass is 19.1. The summed E-state index contributed by atoms with van der Waals surface area (Å²) in [5, 5.41) is 0. The number of benzene rings is 2. The Morgan fingerprint density at radius 2 is 2.03 bits per heavy atom. The molecule has 4 rings (SSSR count). The molecule has 4 nitrogen and oxygen atoms in total. The lowest BCUT2D eigenvalue weighted by molar-refractivity contribution is 0.0600. The van der Waals surface area contributed by atoms with Crippen molar-refractivity contribution in [2.45, 2.75) is 38.2 Å². The molecule has 5 heteroatoms. The van der Waals surface area contributed by atoms with Crippen molar-refractivity contribution < 1.29 is 18.7 Å². The Hall–Kier alpha value is -2.66. The highest BCUT2D eigenvalue weighted by Crippen LogP contribution is 2.33. The van der Waals surface area contributed by atoms with Gasteiger partial charge in [0.25, 0.3) is 0 Å². The predicted molar refractivity (Wildman–Crippen MR) is 120 cm³/mol. The Kier molecular flexibility index (Phi) is 7.03. The van der Waals surface area contributed by atoms with E-state index in [0.29, 0.717) is 12.0 Å². The summed E-state index contributed by atoms with van der Waals surface area (Å²) in [5.74, 6) is 0.575. The van der Waals surface area contributed by atoms with E-state index in [0.717, 1.165) is 56.6 Å². The molecule has 0 saturated carbocycles. The summed E-state index contributed by atoms with van der Waals surface area (Å²) in [7, 11) is 1.41. The van der Waals surface area contributed by atoms with Gasteiger partial charge in [-0.25, -0.2) is 4.79 Å². The lowest BCUT2D eigenvalue weighted by Crippen LogP contribution is -2.26. The van der Waals surface area contributed by atoms with Gasteiger partial charge < -0.3 is 9.47 Å². The van der Waals surface area contributed by atoms with E-state index in [1.165, 1.54) is 23.8 Å². The van der Waals surface area contributed by atoms with Gasteiger partial charge in [-0.3, -0.25) is 9.29 Å². The number of nitrogens with zero attached hydrogens (tertiary/aromatic N) is 1. The molecular weight excluding hydrogens is 393 g/mol. The molecule has 0 amide bonds. The van der Waals surface area contributed by atoms with Crippen molar-refractivity contribution in [1.29, 1.82) is 0 Å². The normalized spacial score (nSPS) is 18.8. The van der Waals surface area contributed by atoms with Crippen LogP contribution in [-0.2, 0) is 11.2 Å². The second kappa shape index (κ2) is 10.1. The molecule has 2 aromatic carbocycles. The number of allylic oxidation sites excluding steroid dienone is 1. The third-order valence-electron chi connectivity index (χ3n) is 6.12. The van der Waals surface area contributed by atoms with E-state index in [-0.39, 0.29) is 18.7 Å². The van der Waals surface area contributed by atoms with Gasteiger partial charge in [-0.2, -0.15) is 0 Å². The van der Waals surface area contributed by atoms with Crippen molar-refractivity contribution in [3.8, 4) is 5.75 Å². The van der Waals surface area contributed by atoms with Crippen LogP contribution < -0.4 is 4.74 Å². The Bertz CT molecular complexity index is 938. The quantitative estimate of drug-likeness (QED) is 0.584. The number of carbonyl (C=O) groups excluding carboxylic acids is 1. The van der Waals surface area contributed by atoms with Crippen LogP contribution >= 0.6 is 0 Å². The molecule has 31 heavy (non-hydrogen) atoms. The monoisotopic (exact) mass is 423 g/mol. The minimum atomic E-state index is -0.297. The van der Waals surface area contributed by atoms with Crippen LogP contribution in [0.25, 0.3) is 5.57 Å². The summed E-state index contributed by atoms with van der Waals surface area (Å²) in [5.41, 5.74) is 5.32. The molecule has 1 aliphatic heterocycles. The van der Waals surface area contributed by atoms with Crippen molar-refractivity contribution in [2.24, 2.45) is 0 Å². The van der Waals surface area contributed by atoms with E-state index in [4.69, 9.17) is 9.47 Å². The van der Waals surface area contributed by atoms with Crippen molar-refractivity contribution in [3.05, 3.63) is 70.8 Å². The van der Waals surface area contributed by atoms with E-state index in [1.54, 1.807) is 0 Å². The number of methoxy groups -OCH3 is 1. The second-order valence-corrected chi connectivity index (χ2v) is 8.27. The van der Waals surface area contributed by atoms with Crippen LogP contribution in [0.4, 0.5) is 4.39 Å². The zero-order valence-electron chi connectivity index (χ0n) is 18.1. The van der Waals surface area contributed by atoms with E-state index in [9.17, 15) is 9.18 Å². The van der Waals surface area contributed by atoms with Crippen LogP contribution in [0.5, 0.6) is 5.75 Å². The number of alkyl halides is 1. The van der Waals surface area contributed by atoms with Gasteiger partial charge in [0.1, 0.15) is 11.9 Å². The molecule has 0 N–H and O–H groups in total. The summed E-state index contributed by atoms with van der Waals surface area (Å²) >= 11 is 0. The molecule has 0 bridgehead atoms. The number of hydrogen-bond acceptors (Lipinski definition) is 4. The summed E-state index contributed by atoms with van der Waals surface area (Å²) in [4.78, 5) is 14.2. The van der Waals surface area contributed by atoms with Crippen LogP contribution in [-0.4, -0.2) is 50.4 Å². The fraction of sp³-hybridized carbons (Fsp3) is 0.423. The number of likely N-dealkylation sites (tertiary alicyclic amines) is 1. The maximum absolute atomic E-state index is 12.4. The van der Waals surface area contributed by atoms with Crippen molar-refractivity contribution in [2.75, 3.05) is 33.4 Å². The lowest BCUT2D eigenvalue weighted by atomic mass is 9.92. The first-order chi connectivity index (χ1) is 15.2. The molecule has 1 heterocycles. The molecule has 0 spiro atoms. The van der Waals surface area contributed by atoms with Crippen LogP contribution in [0.15, 0.2) is 48.5 Å². The SMILES string of the molecule is COC(=O)c1ccc2c(c1)CCCC=C2c1ccc(OC2CCN(CCCF)C2)cc1. The summed E-state index contributed by atoms with van der Waals surface area (Å²) in [6.07, 6.45) is 7.05. The first kappa shape index (κ1) is 21.6. The van der Waals surface area contributed by atoms with Gasteiger partial charge in [0.2, 0.25) is 0 Å². The minimum absolute atomic E-state index is 0.167. The zero-order valence-corrected chi connectivity index (χ0v) is 18.1. The van der Waals surface area contributed by atoms with Gasteiger partial charge in [-0.05, 0) is 78.6 Å². The number of fused-ring (bicyclic) bond motifs is 1. The van der Waals surface area contributed by atoms with Crippen molar-refractivity contribution in [3.63, 3.8) is 0 Å². The average molecular weight is 424 g/mol. The predicted octanol–water partition coefficient (Wildman–Crippen LogP) is 5.05. The number of ether oxygens (including phenoxy) is 2. The molecule has 1 unspecified atom stereocenters. The fourth-order valence-corrected chi connectivity index (χ4v) is 4.52. The molecule has 0 radical (unpaired) electrons. The van der Waals surface area contributed by atoms with Gasteiger partial charge >= 0.3 is 5.97 Å². The zero-order chi connectivity index (χ0) is 21.6. The average Bonchev–Trinajstić information content (AvgIpc) is 3.14. The summed E-state index contributed by atoms with van der Waals surface area (Å²) in [6, 6.07) is 14.1. The molecule has 0 aromatic heterocycles. The van der Waals surface area contributed by atoms with E-state index in [1.807, 2.05) is 30.3 Å².